The molecule has 0 radical (unpaired) electrons. The zero-order valence-electron chi connectivity index (χ0n) is 12.3. The third-order valence-corrected chi connectivity index (χ3v) is 3.86. The fourth-order valence-corrected chi connectivity index (χ4v) is 2.35. The van der Waals surface area contributed by atoms with E-state index in [4.69, 9.17) is 5.84 Å². The van der Waals surface area contributed by atoms with Crippen molar-refractivity contribution >= 4 is 23.4 Å². The number of amides is 1. The fraction of sp³-hybridized carbons (Fsp3) is 0.357. The molecule has 1 aromatic carbocycles. The standard InChI is InChI=1S/C14H19N5OS/c1-14(2,3)10-4-6-11(7-5-10)17-12(20)8-21-13-18-16-9-19(13)15/h4-7,9H,8,15H2,1-3H3,(H,17,20). The Morgan fingerprint density at radius 3 is 2.52 bits per heavy atom. The smallest absolute Gasteiger partial charge is 0.234 e. The van der Waals surface area contributed by atoms with Crippen molar-refractivity contribution in [2.45, 2.75) is 31.3 Å². The van der Waals surface area contributed by atoms with Crippen LogP contribution in [0.4, 0.5) is 5.69 Å². The number of nitrogen functional groups attached to an aromatic ring is 1. The van der Waals surface area contributed by atoms with Gasteiger partial charge in [0.1, 0.15) is 6.33 Å². The van der Waals surface area contributed by atoms with Crippen molar-refractivity contribution in [3.8, 4) is 0 Å². The maximum atomic E-state index is 11.9. The van der Waals surface area contributed by atoms with Crippen LogP contribution in [0.3, 0.4) is 0 Å². The lowest BCUT2D eigenvalue weighted by Gasteiger charge is -2.19. The van der Waals surface area contributed by atoms with Gasteiger partial charge in [-0.1, -0.05) is 44.7 Å². The molecule has 0 spiro atoms. The topological polar surface area (TPSA) is 85.8 Å². The first kappa shape index (κ1) is 15.4. The van der Waals surface area contributed by atoms with Gasteiger partial charge in [-0.25, -0.2) is 4.68 Å². The van der Waals surface area contributed by atoms with Gasteiger partial charge in [0.05, 0.1) is 5.75 Å². The predicted octanol–water partition coefficient (Wildman–Crippen LogP) is 2.02. The third kappa shape index (κ3) is 4.22. The molecule has 1 amide bonds. The van der Waals surface area contributed by atoms with Crippen molar-refractivity contribution in [1.29, 1.82) is 0 Å². The summed E-state index contributed by atoms with van der Waals surface area (Å²) in [5.41, 5.74) is 2.11. The van der Waals surface area contributed by atoms with Gasteiger partial charge >= 0.3 is 0 Å². The minimum atomic E-state index is -0.105. The molecule has 6 nitrogen and oxygen atoms in total. The second-order valence-corrected chi connectivity index (χ2v) is 6.63. The van der Waals surface area contributed by atoms with Crippen LogP contribution in [0.2, 0.25) is 0 Å². The minimum Gasteiger partial charge on any atom is -0.336 e. The number of nitrogens with two attached hydrogens (primary N) is 1. The zero-order valence-corrected chi connectivity index (χ0v) is 13.1. The summed E-state index contributed by atoms with van der Waals surface area (Å²) in [7, 11) is 0. The normalized spacial score (nSPS) is 11.4. The molecule has 0 atom stereocenters. The van der Waals surface area contributed by atoms with Crippen LogP contribution in [-0.2, 0) is 10.2 Å². The van der Waals surface area contributed by atoms with Gasteiger partial charge in [0.25, 0.3) is 0 Å². The summed E-state index contributed by atoms with van der Waals surface area (Å²) < 4.78 is 1.29. The number of nitrogens with one attached hydrogen (secondary N) is 1. The largest absolute Gasteiger partial charge is 0.336 e. The molecule has 0 saturated heterocycles. The van der Waals surface area contributed by atoms with Crippen molar-refractivity contribution in [2.75, 3.05) is 16.9 Å². The molecule has 21 heavy (non-hydrogen) atoms. The van der Waals surface area contributed by atoms with Crippen molar-refractivity contribution in [3.63, 3.8) is 0 Å². The van der Waals surface area contributed by atoms with Gasteiger partial charge in [-0.3, -0.25) is 4.79 Å². The molecule has 0 fully saturated rings. The van der Waals surface area contributed by atoms with Crippen LogP contribution in [0.5, 0.6) is 0 Å². The lowest BCUT2D eigenvalue weighted by atomic mass is 9.87. The van der Waals surface area contributed by atoms with Gasteiger partial charge in [0.15, 0.2) is 0 Å². The highest BCUT2D eigenvalue weighted by molar-refractivity contribution is 7.99. The van der Waals surface area contributed by atoms with Crippen molar-refractivity contribution < 1.29 is 4.79 Å². The van der Waals surface area contributed by atoms with E-state index in [2.05, 4.69) is 36.3 Å². The van der Waals surface area contributed by atoms with E-state index >= 15 is 0 Å². The lowest BCUT2D eigenvalue weighted by molar-refractivity contribution is -0.113. The number of nitrogens with zero attached hydrogens (tertiary/aromatic N) is 3. The van der Waals surface area contributed by atoms with Gasteiger partial charge in [-0.15, -0.1) is 10.2 Å². The van der Waals surface area contributed by atoms with Crippen LogP contribution in [-0.4, -0.2) is 26.5 Å². The van der Waals surface area contributed by atoms with E-state index in [1.54, 1.807) is 0 Å². The van der Waals surface area contributed by atoms with Gasteiger partial charge in [0, 0.05) is 5.69 Å². The summed E-state index contributed by atoms with van der Waals surface area (Å²) >= 11 is 1.24. The Balaban J connectivity index is 1.89. The van der Waals surface area contributed by atoms with E-state index in [0.717, 1.165) is 5.69 Å². The first-order chi connectivity index (χ1) is 9.86. The van der Waals surface area contributed by atoms with Crippen LogP contribution in [0.25, 0.3) is 0 Å². The van der Waals surface area contributed by atoms with Crippen molar-refractivity contribution in [3.05, 3.63) is 36.2 Å². The van der Waals surface area contributed by atoms with Gasteiger partial charge in [-0.2, -0.15) is 0 Å². The van der Waals surface area contributed by atoms with E-state index in [9.17, 15) is 4.79 Å². The molecule has 112 valence electrons. The number of benzene rings is 1. The Kier molecular flexibility index (Phi) is 4.52. The van der Waals surface area contributed by atoms with Crippen LogP contribution in [0.1, 0.15) is 26.3 Å². The summed E-state index contributed by atoms with van der Waals surface area (Å²) in [6, 6.07) is 7.88. The number of aromatic nitrogens is 3. The highest BCUT2D eigenvalue weighted by atomic mass is 32.2. The highest BCUT2D eigenvalue weighted by Crippen LogP contribution is 2.23. The molecule has 2 aromatic rings. The van der Waals surface area contributed by atoms with E-state index in [1.165, 1.54) is 28.3 Å². The van der Waals surface area contributed by atoms with Gasteiger partial charge in [0.2, 0.25) is 11.1 Å². The number of carbonyl (C=O) groups excluding carboxylic acids is 1. The van der Waals surface area contributed by atoms with Gasteiger partial charge in [-0.05, 0) is 23.1 Å². The van der Waals surface area contributed by atoms with E-state index in [1.807, 2.05) is 24.3 Å². The molecule has 0 bridgehead atoms. The molecule has 7 heteroatoms. The number of hydrogen-bond acceptors (Lipinski definition) is 5. The second kappa shape index (κ2) is 6.17. The molecule has 0 aliphatic heterocycles. The maximum Gasteiger partial charge on any atom is 0.234 e. The van der Waals surface area contributed by atoms with Crippen molar-refractivity contribution in [2.24, 2.45) is 0 Å². The molecule has 2 rings (SSSR count). The van der Waals surface area contributed by atoms with E-state index in [0.29, 0.717) is 5.16 Å². The number of thioether (sulfide) groups is 1. The highest BCUT2D eigenvalue weighted by Gasteiger charge is 2.13. The maximum absolute atomic E-state index is 11.9. The molecule has 1 heterocycles. The molecular formula is C14H19N5OS. The summed E-state index contributed by atoms with van der Waals surface area (Å²) in [6.07, 6.45) is 1.39. The lowest BCUT2D eigenvalue weighted by Crippen LogP contribution is -2.16. The fourth-order valence-electron chi connectivity index (χ4n) is 1.72. The first-order valence-corrected chi connectivity index (χ1v) is 7.53. The average Bonchev–Trinajstić information content (AvgIpc) is 2.81. The Bertz CT molecular complexity index is 615. The predicted molar refractivity (Wildman–Crippen MR) is 84.7 cm³/mol. The average molecular weight is 305 g/mol. The quantitative estimate of drug-likeness (QED) is 0.666. The van der Waals surface area contributed by atoms with Crippen LogP contribution in [0.15, 0.2) is 35.7 Å². The first-order valence-electron chi connectivity index (χ1n) is 6.54. The monoisotopic (exact) mass is 305 g/mol. The van der Waals surface area contributed by atoms with E-state index in [-0.39, 0.29) is 17.1 Å². The molecule has 0 aliphatic rings. The summed E-state index contributed by atoms with van der Waals surface area (Å²) in [5, 5.41) is 10.8. The molecule has 3 N–H and O–H groups in total. The number of anilines is 1. The summed E-state index contributed by atoms with van der Waals surface area (Å²) in [4.78, 5) is 11.9. The van der Waals surface area contributed by atoms with Crippen LogP contribution >= 0.6 is 11.8 Å². The molecule has 0 saturated carbocycles. The van der Waals surface area contributed by atoms with Crippen LogP contribution < -0.4 is 11.2 Å². The molecule has 0 unspecified atom stereocenters. The van der Waals surface area contributed by atoms with E-state index < -0.39 is 0 Å². The van der Waals surface area contributed by atoms with Gasteiger partial charge < -0.3 is 11.2 Å². The zero-order chi connectivity index (χ0) is 15.5. The Hall–Kier alpha value is -2.02. The Morgan fingerprint density at radius 1 is 1.33 bits per heavy atom. The summed E-state index contributed by atoms with van der Waals surface area (Å²) in [6.45, 7) is 6.46. The van der Waals surface area contributed by atoms with Crippen LogP contribution in [0, 0.1) is 0 Å². The Morgan fingerprint density at radius 2 is 2.00 bits per heavy atom. The number of carbonyl (C=O) groups is 1. The molecular weight excluding hydrogens is 286 g/mol. The minimum absolute atomic E-state index is 0.101. The molecule has 1 aromatic heterocycles. The third-order valence-electron chi connectivity index (χ3n) is 2.91. The number of hydrogen-bond donors (Lipinski definition) is 2. The Labute approximate surface area is 128 Å². The summed E-state index contributed by atoms with van der Waals surface area (Å²) in [5.74, 6) is 5.70. The SMILES string of the molecule is CC(C)(C)c1ccc(NC(=O)CSc2nncn2N)cc1. The van der Waals surface area contributed by atoms with Crippen molar-refractivity contribution in [1.82, 2.24) is 14.9 Å². The molecule has 0 aliphatic carbocycles. The second-order valence-electron chi connectivity index (χ2n) is 5.68. The number of rotatable bonds is 4.